The average molecular weight is 274 g/mol. The number of hydrogen-bond acceptors (Lipinski definition) is 4. The van der Waals surface area contributed by atoms with Gasteiger partial charge in [0.1, 0.15) is 12.2 Å². The molecule has 104 valence electrons. The second-order valence-electron chi connectivity index (χ2n) is 4.86. The number of nitrogens with one attached hydrogen (secondary N) is 1. The third-order valence-corrected chi connectivity index (χ3v) is 4.15. The van der Waals surface area contributed by atoms with Crippen molar-refractivity contribution < 1.29 is 8.42 Å². The lowest BCUT2D eigenvalue weighted by Crippen LogP contribution is -2.33. The zero-order chi connectivity index (χ0) is 13.8. The third kappa shape index (κ3) is 4.38. The Kier molecular flexibility index (Phi) is 5.28. The highest BCUT2D eigenvalue weighted by Crippen LogP contribution is 2.19. The summed E-state index contributed by atoms with van der Waals surface area (Å²) in [5.41, 5.74) is 0. The van der Waals surface area contributed by atoms with Crippen LogP contribution >= 0.6 is 0 Å². The Hall–Kier alpha value is -0.950. The van der Waals surface area contributed by atoms with E-state index in [9.17, 15) is 8.42 Å². The molecule has 0 bridgehead atoms. The number of hydrogen-bond donors (Lipinski definition) is 1. The molecule has 0 aliphatic heterocycles. The van der Waals surface area contributed by atoms with Crippen LogP contribution < -0.4 is 4.72 Å². The van der Waals surface area contributed by atoms with Crippen molar-refractivity contribution in [1.29, 1.82) is 0 Å². The van der Waals surface area contributed by atoms with Crippen LogP contribution in [0.25, 0.3) is 0 Å². The lowest BCUT2D eigenvalue weighted by molar-refractivity contribution is 0.443. The zero-order valence-electron chi connectivity index (χ0n) is 11.4. The molecular formula is C11H22N4O2S. The highest BCUT2D eigenvalue weighted by Gasteiger charge is 2.23. The molecule has 1 atom stereocenters. The van der Waals surface area contributed by atoms with Gasteiger partial charge in [0.25, 0.3) is 0 Å². The molecule has 1 aromatic heterocycles. The number of aromatic nitrogens is 3. The highest BCUT2D eigenvalue weighted by molar-refractivity contribution is 7.89. The minimum Gasteiger partial charge on any atom is -0.252 e. The Morgan fingerprint density at radius 3 is 2.56 bits per heavy atom. The fourth-order valence-electron chi connectivity index (χ4n) is 1.84. The van der Waals surface area contributed by atoms with Crippen LogP contribution in [0.3, 0.4) is 0 Å². The van der Waals surface area contributed by atoms with Crippen LogP contribution in [0.15, 0.2) is 6.33 Å². The van der Waals surface area contributed by atoms with E-state index in [1.165, 1.54) is 6.33 Å². The van der Waals surface area contributed by atoms with E-state index in [-0.39, 0.29) is 11.8 Å². The van der Waals surface area contributed by atoms with Gasteiger partial charge in [-0.3, -0.25) is 4.68 Å². The number of rotatable bonds is 7. The monoisotopic (exact) mass is 274 g/mol. The SMILES string of the molecule is CCCS(=O)(=O)NC(CC(C)C)c1ncnn1C. The number of aryl methyl sites for hydroxylation is 1. The molecule has 1 rings (SSSR count). The van der Waals surface area contributed by atoms with Gasteiger partial charge in [-0.15, -0.1) is 0 Å². The molecule has 18 heavy (non-hydrogen) atoms. The van der Waals surface area contributed by atoms with Gasteiger partial charge in [0, 0.05) is 7.05 Å². The maximum Gasteiger partial charge on any atom is 0.212 e. The van der Waals surface area contributed by atoms with E-state index in [2.05, 4.69) is 28.7 Å². The van der Waals surface area contributed by atoms with Gasteiger partial charge in [-0.05, 0) is 18.8 Å². The first kappa shape index (κ1) is 15.1. The molecule has 0 amide bonds. The molecule has 0 aromatic carbocycles. The number of nitrogens with zero attached hydrogens (tertiary/aromatic N) is 3. The summed E-state index contributed by atoms with van der Waals surface area (Å²) in [6, 6.07) is -0.311. The van der Waals surface area contributed by atoms with Gasteiger partial charge < -0.3 is 0 Å². The van der Waals surface area contributed by atoms with Crippen molar-refractivity contribution in [2.75, 3.05) is 5.75 Å². The van der Waals surface area contributed by atoms with Crippen LogP contribution in [0.1, 0.15) is 45.5 Å². The molecule has 0 radical (unpaired) electrons. The topological polar surface area (TPSA) is 76.9 Å². The first-order valence-corrected chi connectivity index (χ1v) is 7.84. The van der Waals surface area contributed by atoms with E-state index < -0.39 is 10.0 Å². The van der Waals surface area contributed by atoms with E-state index in [0.717, 1.165) is 0 Å². The summed E-state index contributed by atoms with van der Waals surface area (Å²) in [6.45, 7) is 5.95. The van der Waals surface area contributed by atoms with E-state index >= 15 is 0 Å². The first-order valence-electron chi connectivity index (χ1n) is 6.19. The van der Waals surface area contributed by atoms with Crippen molar-refractivity contribution in [1.82, 2.24) is 19.5 Å². The van der Waals surface area contributed by atoms with Gasteiger partial charge >= 0.3 is 0 Å². The van der Waals surface area contributed by atoms with Crippen molar-refractivity contribution in [2.24, 2.45) is 13.0 Å². The summed E-state index contributed by atoms with van der Waals surface area (Å²) < 4.78 is 28.1. The largest absolute Gasteiger partial charge is 0.252 e. The van der Waals surface area contributed by atoms with E-state index in [1.807, 2.05) is 6.92 Å². The van der Waals surface area contributed by atoms with Crippen molar-refractivity contribution in [3.05, 3.63) is 12.2 Å². The molecule has 0 aliphatic rings. The van der Waals surface area contributed by atoms with Gasteiger partial charge in [0.05, 0.1) is 11.8 Å². The summed E-state index contributed by atoms with van der Waals surface area (Å²) >= 11 is 0. The molecule has 1 N–H and O–H groups in total. The van der Waals surface area contributed by atoms with E-state index in [1.54, 1.807) is 11.7 Å². The minimum absolute atomic E-state index is 0.138. The Bertz CT molecular complexity index is 467. The summed E-state index contributed by atoms with van der Waals surface area (Å²) in [6.07, 6.45) is 2.74. The first-order chi connectivity index (χ1) is 8.35. The van der Waals surface area contributed by atoms with Gasteiger partial charge in [-0.1, -0.05) is 20.8 Å². The molecule has 1 heterocycles. The molecule has 0 saturated carbocycles. The second-order valence-corrected chi connectivity index (χ2v) is 6.73. The molecule has 6 nitrogen and oxygen atoms in total. The molecule has 1 aromatic rings. The van der Waals surface area contributed by atoms with Crippen molar-refractivity contribution in [2.45, 2.75) is 39.7 Å². The average Bonchev–Trinajstić information content (AvgIpc) is 2.62. The van der Waals surface area contributed by atoms with Crippen LogP contribution in [-0.2, 0) is 17.1 Å². The van der Waals surface area contributed by atoms with Crippen LogP contribution in [0.5, 0.6) is 0 Å². The molecule has 7 heteroatoms. The van der Waals surface area contributed by atoms with Gasteiger partial charge in [-0.25, -0.2) is 18.1 Å². The van der Waals surface area contributed by atoms with Gasteiger partial charge in [0.2, 0.25) is 10.0 Å². The zero-order valence-corrected chi connectivity index (χ0v) is 12.2. The van der Waals surface area contributed by atoms with Crippen LogP contribution in [0.4, 0.5) is 0 Å². The van der Waals surface area contributed by atoms with Crippen LogP contribution in [0, 0.1) is 5.92 Å². The molecule has 0 spiro atoms. The summed E-state index contributed by atoms with van der Waals surface area (Å²) in [7, 11) is -1.48. The Morgan fingerprint density at radius 1 is 1.44 bits per heavy atom. The lowest BCUT2D eigenvalue weighted by atomic mass is 10.0. The molecular weight excluding hydrogens is 252 g/mol. The Balaban J connectivity index is 2.90. The fourth-order valence-corrected chi connectivity index (χ4v) is 3.13. The summed E-state index contributed by atoms with van der Waals surface area (Å²) in [4.78, 5) is 4.14. The predicted molar refractivity (Wildman–Crippen MR) is 70.4 cm³/mol. The normalized spacial score (nSPS) is 14.1. The van der Waals surface area contributed by atoms with Crippen molar-refractivity contribution in [3.8, 4) is 0 Å². The molecule has 0 aliphatic carbocycles. The maximum absolute atomic E-state index is 11.9. The summed E-state index contributed by atoms with van der Waals surface area (Å²) in [5.74, 6) is 1.17. The quantitative estimate of drug-likeness (QED) is 0.811. The molecule has 0 fully saturated rings. The second kappa shape index (κ2) is 6.29. The Morgan fingerprint density at radius 2 is 2.11 bits per heavy atom. The molecule has 0 saturated heterocycles. The molecule has 1 unspecified atom stereocenters. The van der Waals surface area contributed by atoms with Gasteiger partial charge in [-0.2, -0.15) is 5.10 Å². The maximum atomic E-state index is 11.9. The van der Waals surface area contributed by atoms with Crippen LogP contribution in [0.2, 0.25) is 0 Å². The smallest absolute Gasteiger partial charge is 0.212 e. The predicted octanol–water partition coefficient (Wildman–Crippen LogP) is 1.23. The summed E-state index contributed by atoms with van der Waals surface area (Å²) in [5, 5.41) is 3.99. The minimum atomic E-state index is -3.25. The van der Waals surface area contributed by atoms with Crippen molar-refractivity contribution >= 4 is 10.0 Å². The third-order valence-electron chi connectivity index (χ3n) is 2.56. The lowest BCUT2D eigenvalue weighted by Gasteiger charge is -2.19. The standard InChI is InChI=1S/C11H22N4O2S/c1-5-6-18(16,17)14-10(7-9(2)3)11-12-8-13-15(11)4/h8-10,14H,5-7H2,1-4H3. The van der Waals surface area contributed by atoms with Gasteiger partial charge in [0.15, 0.2) is 0 Å². The van der Waals surface area contributed by atoms with Crippen LogP contribution in [-0.4, -0.2) is 28.9 Å². The number of sulfonamides is 1. The highest BCUT2D eigenvalue weighted by atomic mass is 32.2. The van der Waals surface area contributed by atoms with Crippen molar-refractivity contribution in [3.63, 3.8) is 0 Å². The van der Waals surface area contributed by atoms with E-state index in [0.29, 0.717) is 24.6 Å². The Labute approximate surface area is 109 Å². The van der Waals surface area contributed by atoms with E-state index in [4.69, 9.17) is 0 Å². The fraction of sp³-hybridized carbons (Fsp3) is 0.818.